The molecule has 8 atom stereocenters. The summed E-state index contributed by atoms with van der Waals surface area (Å²) < 4.78 is 22.7. The van der Waals surface area contributed by atoms with Gasteiger partial charge >= 0.3 is 12.1 Å². The predicted octanol–water partition coefficient (Wildman–Crippen LogP) is 7.85. The molecule has 4 aliphatic carbocycles. The van der Waals surface area contributed by atoms with Crippen molar-refractivity contribution < 1.29 is 48.4 Å². The molecular formula is C45H71FN2O9. The van der Waals surface area contributed by atoms with Crippen LogP contribution >= 0.6 is 0 Å². The number of allylic oxidation sites excluding steroid dienone is 4. The smallest absolute Gasteiger partial charge is 0.407 e. The standard InChI is InChI=1S/C45H71FN2O9/c1-32-28-36-35-23-22-33-29-34(49)24-25-42(33,2)44(35,46)37(50)30-43(36,3)45(32,56)38(51)31-57-41(55)48-27-19-15-11-6-4-8-12-16-20-39(52)47-26-18-14-10-7-5-9-13-17-21-40(53)54/h24-25,29,32,35-37,50,56H,4-23,26-28,30-31H2,1-3H3,(H,47,52)(H,48,55)(H,53,54)/t32-,35?,36?,37?,42?,43?,44+,45+/m1/s1. The Morgan fingerprint density at radius 2 is 1.37 bits per heavy atom. The lowest BCUT2D eigenvalue weighted by Crippen LogP contribution is -2.69. The summed E-state index contributed by atoms with van der Waals surface area (Å²) in [6.45, 7) is 5.78. The number of aliphatic hydroxyl groups is 2. The lowest BCUT2D eigenvalue weighted by molar-refractivity contribution is -0.219. The summed E-state index contributed by atoms with van der Waals surface area (Å²) in [4.78, 5) is 60.9. The fraction of sp³-hybridized carbons (Fsp3) is 0.800. The molecule has 5 unspecified atom stereocenters. The number of alkyl carbamates (subject to hydrolysis) is 1. The van der Waals surface area contributed by atoms with E-state index in [2.05, 4.69) is 10.6 Å². The third-order valence-corrected chi connectivity index (χ3v) is 14.2. The van der Waals surface area contributed by atoms with Gasteiger partial charge in [-0.2, -0.15) is 0 Å². The van der Waals surface area contributed by atoms with E-state index in [4.69, 9.17) is 9.84 Å². The summed E-state index contributed by atoms with van der Waals surface area (Å²) in [5, 5.41) is 38.0. The monoisotopic (exact) mass is 803 g/mol. The van der Waals surface area contributed by atoms with Crippen molar-refractivity contribution in [2.45, 2.75) is 179 Å². The van der Waals surface area contributed by atoms with Crippen LogP contribution in [0.5, 0.6) is 0 Å². The number of carbonyl (C=O) groups is 5. The van der Waals surface area contributed by atoms with Gasteiger partial charge in [0, 0.05) is 42.7 Å². The second kappa shape index (κ2) is 21.2. The second-order valence-electron chi connectivity index (χ2n) is 18.0. The average Bonchev–Trinajstić information content (AvgIpc) is 3.36. The van der Waals surface area contributed by atoms with Crippen LogP contribution in [0.2, 0.25) is 0 Å². The first-order valence-electron chi connectivity index (χ1n) is 22.1. The van der Waals surface area contributed by atoms with Gasteiger partial charge in [-0.3, -0.25) is 19.2 Å². The summed E-state index contributed by atoms with van der Waals surface area (Å²) in [5.41, 5.74) is -5.57. The van der Waals surface area contributed by atoms with Crippen molar-refractivity contribution in [1.29, 1.82) is 0 Å². The van der Waals surface area contributed by atoms with E-state index in [-0.39, 0.29) is 24.5 Å². The molecule has 0 bridgehead atoms. The van der Waals surface area contributed by atoms with Crippen molar-refractivity contribution in [3.8, 4) is 0 Å². The first kappa shape index (κ1) is 46.6. The molecular weight excluding hydrogens is 731 g/mol. The van der Waals surface area contributed by atoms with Gasteiger partial charge in [0.15, 0.2) is 18.1 Å². The Labute approximate surface area is 339 Å². The van der Waals surface area contributed by atoms with E-state index in [0.717, 1.165) is 109 Å². The number of ether oxygens (including phenoxy) is 1. The van der Waals surface area contributed by atoms with Gasteiger partial charge < -0.3 is 30.7 Å². The number of alkyl halides is 1. The van der Waals surface area contributed by atoms with E-state index in [1.807, 2.05) is 0 Å². The number of fused-ring (bicyclic) bond motifs is 5. The van der Waals surface area contributed by atoms with E-state index in [1.165, 1.54) is 12.2 Å². The maximum atomic E-state index is 17.4. The molecule has 4 rings (SSSR count). The van der Waals surface area contributed by atoms with Crippen LogP contribution < -0.4 is 10.6 Å². The van der Waals surface area contributed by atoms with Crippen molar-refractivity contribution in [3.63, 3.8) is 0 Å². The Kier molecular flexibility index (Phi) is 17.3. The molecule has 57 heavy (non-hydrogen) atoms. The molecule has 2 amide bonds. The van der Waals surface area contributed by atoms with Crippen molar-refractivity contribution in [2.24, 2.45) is 28.6 Å². The van der Waals surface area contributed by atoms with Gasteiger partial charge in [0.25, 0.3) is 0 Å². The van der Waals surface area contributed by atoms with Crippen LogP contribution in [-0.2, 0) is 23.9 Å². The number of ketones is 2. The second-order valence-corrected chi connectivity index (χ2v) is 18.0. The Bertz CT molecular complexity index is 1470. The molecule has 3 fully saturated rings. The van der Waals surface area contributed by atoms with Gasteiger partial charge in [-0.05, 0) is 82.3 Å². The van der Waals surface area contributed by atoms with E-state index in [9.17, 15) is 34.2 Å². The highest BCUT2D eigenvalue weighted by atomic mass is 19.1. The molecule has 3 saturated carbocycles. The Hall–Kier alpha value is -3.12. The number of carbonyl (C=O) groups excluding carboxylic acids is 4. The van der Waals surface area contributed by atoms with Crippen LogP contribution in [0.25, 0.3) is 0 Å². The number of halogens is 1. The van der Waals surface area contributed by atoms with Gasteiger partial charge in [0.05, 0.1) is 6.10 Å². The van der Waals surface area contributed by atoms with E-state index in [1.54, 1.807) is 26.8 Å². The van der Waals surface area contributed by atoms with E-state index in [0.29, 0.717) is 37.8 Å². The first-order valence-corrected chi connectivity index (χ1v) is 22.1. The zero-order chi connectivity index (χ0) is 41.7. The molecule has 322 valence electrons. The molecule has 5 N–H and O–H groups in total. The molecule has 12 heteroatoms. The summed E-state index contributed by atoms with van der Waals surface area (Å²) in [5.74, 6) is -2.98. The van der Waals surface area contributed by atoms with Gasteiger partial charge in [-0.25, -0.2) is 9.18 Å². The Balaban J connectivity index is 1.03. The van der Waals surface area contributed by atoms with Gasteiger partial charge in [0.1, 0.15) is 5.60 Å². The van der Waals surface area contributed by atoms with Crippen molar-refractivity contribution in [3.05, 3.63) is 23.8 Å². The number of hydrogen-bond donors (Lipinski definition) is 5. The molecule has 0 spiro atoms. The number of hydrogen-bond acceptors (Lipinski definition) is 8. The summed E-state index contributed by atoms with van der Waals surface area (Å²) in [6.07, 6.45) is 20.5. The van der Waals surface area contributed by atoms with Crippen LogP contribution in [0.3, 0.4) is 0 Å². The Morgan fingerprint density at radius 1 is 0.825 bits per heavy atom. The highest BCUT2D eigenvalue weighted by molar-refractivity contribution is 6.01. The van der Waals surface area contributed by atoms with Gasteiger partial charge in [-0.15, -0.1) is 0 Å². The zero-order valence-corrected chi connectivity index (χ0v) is 34.9. The normalized spacial score (nSPS) is 31.5. The van der Waals surface area contributed by atoms with E-state index < -0.39 is 70.4 Å². The van der Waals surface area contributed by atoms with Crippen LogP contribution in [0.4, 0.5) is 9.18 Å². The molecule has 11 nitrogen and oxygen atoms in total. The largest absolute Gasteiger partial charge is 0.481 e. The van der Waals surface area contributed by atoms with Gasteiger partial charge in [0.2, 0.25) is 11.7 Å². The summed E-state index contributed by atoms with van der Waals surface area (Å²) >= 11 is 0. The lowest BCUT2D eigenvalue weighted by atomic mass is 9.44. The number of carboxylic acid groups (broad SMARTS) is 1. The average molecular weight is 803 g/mol. The zero-order valence-electron chi connectivity index (χ0n) is 34.9. The quantitative estimate of drug-likeness (QED) is 0.0575. The first-order chi connectivity index (χ1) is 27.1. The third-order valence-electron chi connectivity index (χ3n) is 14.2. The minimum absolute atomic E-state index is 0.122. The maximum absolute atomic E-state index is 17.4. The molecule has 0 aromatic carbocycles. The van der Waals surface area contributed by atoms with Crippen LogP contribution in [0.15, 0.2) is 23.8 Å². The highest BCUT2D eigenvalue weighted by Crippen LogP contribution is 2.70. The fourth-order valence-corrected chi connectivity index (χ4v) is 10.9. The lowest BCUT2D eigenvalue weighted by Gasteiger charge is -2.62. The number of aliphatic carboxylic acids is 1. The van der Waals surface area contributed by atoms with Crippen molar-refractivity contribution in [1.82, 2.24) is 10.6 Å². The minimum atomic E-state index is -2.06. The van der Waals surface area contributed by atoms with E-state index >= 15 is 4.39 Å². The van der Waals surface area contributed by atoms with Crippen molar-refractivity contribution in [2.75, 3.05) is 19.7 Å². The van der Waals surface area contributed by atoms with Gasteiger partial charge in [-0.1, -0.05) is 103 Å². The predicted molar refractivity (Wildman–Crippen MR) is 216 cm³/mol. The molecule has 0 radical (unpaired) electrons. The topological polar surface area (TPSA) is 179 Å². The number of aliphatic hydroxyl groups excluding tert-OH is 1. The third kappa shape index (κ3) is 10.9. The van der Waals surface area contributed by atoms with Crippen molar-refractivity contribution >= 4 is 29.5 Å². The molecule has 0 aromatic heterocycles. The number of amides is 2. The van der Waals surface area contributed by atoms with Crippen LogP contribution in [-0.4, -0.2) is 81.9 Å². The SMILES string of the molecule is C[C@@H]1CC2C3CCC4=CC(=O)C=CC4(C)[C@@]3(F)C(O)CC2(C)[C@@]1(O)C(=O)COC(=O)NCCCCCCCCCCC(=O)NCCCCCCCCCCC(=O)O. The molecule has 0 aromatic rings. The molecule has 4 aliphatic rings. The molecule has 0 heterocycles. The number of carboxylic acids is 1. The maximum Gasteiger partial charge on any atom is 0.407 e. The number of nitrogens with one attached hydrogen (secondary N) is 2. The number of rotatable bonds is 25. The molecule has 0 saturated heterocycles. The highest BCUT2D eigenvalue weighted by Gasteiger charge is 2.75. The minimum Gasteiger partial charge on any atom is -0.481 e. The Morgan fingerprint density at radius 3 is 1.96 bits per heavy atom. The summed E-state index contributed by atoms with van der Waals surface area (Å²) in [6, 6.07) is 0. The van der Waals surface area contributed by atoms with Crippen LogP contribution in [0.1, 0.15) is 162 Å². The van der Waals surface area contributed by atoms with Crippen LogP contribution in [0, 0.1) is 28.6 Å². The number of Topliss-reactive ketones (excluding diaryl/α,β-unsaturated/α-hetero) is 1. The number of unbranched alkanes of at least 4 members (excludes halogenated alkanes) is 14. The summed E-state index contributed by atoms with van der Waals surface area (Å²) in [7, 11) is 0. The molecule has 0 aliphatic heterocycles. The fourth-order valence-electron chi connectivity index (χ4n) is 10.9.